The van der Waals surface area contributed by atoms with E-state index in [0.29, 0.717) is 0 Å². The lowest BCUT2D eigenvalue weighted by Gasteiger charge is -2.17. The highest BCUT2D eigenvalue weighted by molar-refractivity contribution is 5.39. The smallest absolute Gasteiger partial charge is 0.169 e. The Morgan fingerprint density at radius 3 is 0.685 bits per heavy atom. The summed E-state index contributed by atoms with van der Waals surface area (Å²) in [6.07, 6.45) is 37.8. The monoisotopic (exact) mass is 727 g/mol. The molecule has 4 nitrogen and oxygen atoms in total. The molecule has 0 aliphatic carbocycles. The van der Waals surface area contributed by atoms with Gasteiger partial charge in [-0.3, -0.25) is 0 Å². The first-order chi connectivity index (χ1) is 26.4. The minimum Gasteiger partial charge on any atom is -0.205 e. The van der Waals surface area contributed by atoms with E-state index >= 15 is 0 Å². The number of aryl methyl sites for hydroxylation is 12. The number of unbranched alkanes of at least 4 members (excludes halogenated alkanes) is 8. The third kappa shape index (κ3) is 14.9. The quantitative estimate of drug-likeness (QED) is 0.0445. The van der Waals surface area contributed by atoms with Gasteiger partial charge in [0, 0.05) is 74.2 Å². The molecule has 4 heterocycles. The van der Waals surface area contributed by atoms with Crippen LogP contribution in [-0.2, 0) is 51.9 Å². The van der Waals surface area contributed by atoms with Crippen LogP contribution in [-0.4, -0.2) is 0 Å². The zero-order chi connectivity index (χ0) is 37.8. The standard InChI is InChI=1S/C50H70N4/c1-43-21-33-51(34-22-43)29-13-5-9-17-47-41-49(19-11-7-15-31-53-37-25-45(3)26-38-53)50(20-12-8-16-32-54-39-27-46(4)28-40-54)42-48(47)18-10-6-14-30-52-35-23-44(2)24-36-52/h21-28,33-42H,5-20,29-32H2,1-4H3/q+4. The summed E-state index contributed by atoms with van der Waals surface area (Å²) in [7, 11) is 0. The van der Waals surface area contributed by atoms with Gasteiger partial charge in [0.1, 0.15) is 26.2 Å². The topological polar surface area (TPSA) is 15.5 Å². The molecule has 0 bridgehead atoms. The summed E-state index contributed by atoms with van der Waals surface area (Å²) in [5.41, 5.74) is 11.9. The molecule has 0 radical (unpaired) electrons. The van der Waals surface area contributed by atoms with Crippen LogP contribution in [0.15, 0.2) is 110 Å². The summed E-state index contributed by atoms with van der Waals surface area (Å²) in [5.74, 6) is 0. The van der Waals surface area contributed by atoms with Crippen molar-refractivity contribution in [3.63, 3.8) is 0 Å². The van der Waals surface area contributed by atoms with Crippen molar-refractivity contribution in [1.29, 1.82) is 0 Å². The van der Waals surface area contributed by atoms with Crippen LogP contribution in [0.25, 0.3) is 0 Å². The van der Waals surface area contributed by atoms with Gasteiger partial charge in [-0.05, 0) is 149 Å². The molecular formula is C50H70N4+4. The minimum atomic E-state index is 1.11. The van der Waals surface area contributed by atoms with E-state index in [-0.39, 0.29) is 0 Å². The third-order valence-corrected chi connectivity index (χ3v) is 11.2. The molecule has 5 aromatic rings. The highest BCUT2D eigenvalue weighted by Gasteiger charge is 2.13. The second-order valence-electron chi connectivity index (χ2n) is 16.1. The fraction of sp³-hybridized carbons (Fsp3) is 0.480. The summed E-state index contributed by atoms with van der Waals surface area (Å²) >= 11 is 0. The summed E-state index contributed by atoms with van der Waals surface area (Å²) in [4.78, 5) is 0. The second-order valence-corrected chi connectivity index (χ2v) is 16.1. The SMILES string of the molecule is Cc1cc[n+](CCCCCc2cc(CCCCC[n+]3ccc(C)cc3)c(CCCCC[n+]3ccc(C)cc3)cc2CCCCC[n+]2ccc(C)cc2)cc1. The Kier molecular flexibility index (Phi) is 17.4. The molecule has 0 fully saturated rings. The fourth-order valence-electron chi connectivity index (χ4n) is 7.59. The molecule has 1 aromatic carbocycles. The Balaban J connectivity index is 1.22. The number of rotatable bonds is 24. The average molecular weight is 727 g/mol. The summed E-state index contributed by atoms with van der Waals surface area (Å²) < 4.78 is 9.38. The lowest BCUT2D eigenvalue weighted by Crippen LogP contribution is -2.32. The van der Waals surface area contributed by atoms with Crippen molar-refractivity contribution in [2.75, 3.05) is 0 Å². The van der Waals surface area contributed by atoms with E-state index in [9.17, 15) is 0 Å². The van der Waals surface area contributed by atoms with Gasteiger partial charge in [-0.2, -0.15) is 0 Å². The van der Waals surface area contributed by atoms with Crippen molar-refractivity contribution in [2.24, 2.45) is 0 Å². The normalized spacial score (nSPS) is 11.3. The van der Waals surface area contributed by atoms with E-state index in [1.165, 1.54) is 125 Å². The number of aromatic nitrogens is 4. The molecule has 0 saturated carbocycles. The van der Waals surface area contributed by atoms with E-state index < -0.39 is 0 Å². The first-order valence-electron chi connectivity index (χ1n) is 21.4. The molecule has 54 heavy (non-hydrogen) atoms. The lowest BCUT2D eigenvalue weighted by atomic mass is 9.88. The first-order valence-corrected chi connectivity index (χ1v) is 21.4. The molecule has 0 aliphatic heterocycles. The van der Waals surface area contributed by atoms with Crippen LogP contribution in [0.4, 0.5) is 0 Å². The Morgan fingerprint density at radius 1 is 0.278 bits per heavy atom. The highest BCUT2D eigenvalue weighted by Crippen LogP contribution is 2.25. The number of pyridine rings is 4. The molecule has 0 spiro atoms. The Bertz CT molecular complexity index is 1510. The van der Waals surface area contributed by atoms with Crippen LogP contribution in [0.5, 0.6) is 0 Å². The van der Waals surface area contributed by atoms with Gasteiger partial charge in [-0.25, -0.2) is 18.3 Å². The maximum absolute atomic E-state index is 2.68. The van der Waals surface area contributed by atoms with Crippen LogP contribution in [0, 0.1) is 27.7 Å². The molecule has 0 saturated heterocycles. The van der Waals surface area contributed by atoms with Crippen molar-refractivity contribution < 1.29 is 18.3 Å². The van der Waals surface area contributed by atoms with Gasteiger partial charge in [-0.1, -0.05) is 12.1 Å². The largest absolute Gasteiger partial charge is 0.205 e. The van der Waals surface area contributed by atoms with E-state index in [0.717, 1.165) is 26.2 Å². The number of hydrogen-bond acceptors (Lipinski definition) is 0. The average Bonchev–Trinajstić information content (AvgIpc) is 3.18. The molecule has 0 atom stereocenters. The molecule has 5 rings (SSSR count). The molecule has 0 aliphatic rings. The maximum atomic E-state index is 2.68. The van der Waals surface area contributed by atoms with Crippen LogP contribution in [0.3, 0.4) is 0 Å². The Labute approximate surface area is 328 Å². The van der Waals surface area contributed by atoms with Gasteiger partial charge in [0.15, 0.2) is 49.6 Å². The zero-order valence-electron chi connectivity index (χ0n) is 34.3. The summed E-state index contributed by atoms with van der Waals surface area (Å²) in [5, 5.41) is 0. The van der Waals surface area contributed by atoms with Gasteiger partial charge >= 0.3 is 0 Å². The number of hydrogen-bond donors (Lipinski definition) is 0. The van der Waals surface area contributed by atoms with Crippen molar-refractivity contribution in [3.8, 4) is 0 Å². The first kappa shape index (κ1) is 41.0. The van der Waals surface area contributed by atoms with Crippen molar-refractivity contribution >= 4 is 0 Å². The predicted molar refractivity (Wildman–Crippen MR) is 222 cm³/mol. The number of benzene rings is 1. The Hall–Kier alpha value is -4.18. The highest BCUT2D eigenvalue weighted by atomic mass is 14.9. The third-order valence-electron chi connectivity index (χ3n) is 11.2. The molecule has 0 N–H and O–H groups in total. The van der Waals surface area contributed by atoms with Crippen molar-refractivity contribution in [3.05, 3.63) is 155 Å². The van der Waals surface area contributed by atoms with E-state index in [1.54, 1.807) is 22.3 Å². The maximum Gasteiger partial charge on any atom is 0.169 e. The molecule has 4 aromatic heterocycles. The van der Waals surface area contributed by atoms with E-state index in [2.05, 4.69) is 156 Å². The summed E-state index contributed by atoms with van der Waals surface area (Å²) in [6.45, 7) is 13.1. The van der Waals surface area contributed by atoms with Crippen LogP contribution < -0.4 is 18.3 Å². The molecule has 0 unspecified atom stereocenters. The second kappa shape index (κ2) is 22.9. The van der Waals surface area contributed by atoms with Crippen molar-refractivity contribution in [1.82, 2.24) is 0 Å². The van der Waals surface area contributed by atoms with Crippen LogP contribution >= 0.6 is 0 Å². The van der Waals surface area contributed by atoms with Crippen molar-refractivity contribution in [2.45, 2.75) is 157 Å². The summed E-state index contributed by atoms with van der Waals surface area (Å²) in [6, 6.07) is 23.1. The zero-order valence-corrected chi connectivity index (χ0v) is 34.3. The van der Waals surface area contributed by atoms with E-state index in [4.69, 9.17) is 0 Å². The predicted octanol–water partition coefficient (Wildman–Crippen LogP) is 9.72. The van der Waals surface area contributed by atoms with Gasteiger partial charge < -0.3 is 0 Å². The number of nitrogens with zero attached hydrogens (tertiary/aromatic N) is 4. The molecular weight excluding hydrogens is 657 g/mol. The fourth-order valence-corrected chi connectivity index (χ4v) is 7.59. The van der Waals surface area contributed by atoms with Gasteiger partial charge in [-0.15, -0.1) is 0 Å². The Morgan fingerprint density at radius 2 is 0.481 bits per heavy atom. The van der Waals surface area contributed by atoms with Crippen LogP contribution in [0.1, 0.15) is 122 Å². The van der Waals surface area contributed by atoms with Gasteiger partial charge in [0.25, 0.3) is 0 Å². The lowest BCUT2D eigenvalue weighted by molar-refractivity contribution is -0.697. The van der Waals surface area contributed by atoms with Gasteiger partial charge in [0.2, 0.25) is 0 Å². The minimum absolute atomic E-state index is 1.11. The molecule has 286 valence electrons. The van der Waals surface area contributed by atoms with E-state index in [1.807, 2.05) is 0 Å². The van der Waals surface area contributed by atoms with Crippen LogP contribution in [0.2, 0.25) is 0 Å². The molecule has 0 amide bonds. The van der Waals surface area contributed by atoms with Gasteiger partial charge in [0.05, 0.1) is 0 Å². The molecule has 4 heteroatoms.